The molecular formula is C32H40N4O6. The molecule has 0 bridgehead atoms. The molecule has 10 nitrogen and oxygen atoms in total. The largest absolute Gasteiger partial charge is 0.481 e. The summed E-state index contributed by atoms with van der Waals surface area (Å²) in [6.45, 7) is 2.40. The fourth-order valence-corrected chi connectivity index (χ4v) is 4.21. The second-order valence-electron chi connectivity index (χ2n) is 9.56. The van der Waals surface area contributed by atoms with Crippen LogP contribution in [0.3, 0.4) is 0 Å². The highest BCUT2D eigenvalue weighted by Crippen LogP contribution is 2.18. The Labute approximate surface area is 247 Å². The number of methoxy groups -OCH3 is 1. The minimum Gasteiger partial charge on any atom is -0.481 e. The van der Waals surface area contributed by atoms with Crippen LogP contribution < -0.4 is 16.0 Å². The number of benzene rings is 3. The molecule has 0 radical (unpaired) electrons. The van der Waals surface area contributed by atoms with Crippen LogP contribution in [-0.2, 0) is 25.5 Å². The fraction of sp³-hybridized carbons (Fsp3) is 0.312. The molecule has 0 heterocycles. The first kappa shape index (κ1) is 33.5. The van der Waals surface area contributed by atoms with Crippen LogP contribution >= 0.6 is 0 Å². The van der Waals surface area contributed by atoms with Gasteiger partial charge in [-0.15, -0.1) is 0 Å². The quantitative estimate of drug-likeness (QED) is 0.199. The monoisotopic (exact) mass is 576 g/mol. The second kappa shape index (κ2) is 17.2. The van der Waals surface area contributed by atoms with Gasteiger partial charge in [0.2, 0.25) is 11.8 Å². The maximum Gasteiger partial charge on any atom is 0.323 e. The summed E-state index contributed by atoms with van der Waals surface area (Å²) in [4.78, 5) is 51.4. The van der Waals surface area contributed by atoms with Crippen LogP contribution in [0, 0.1) is 6.92 Å². The summed E-state index contributed by atoms with van der Waals surface area (Å²) in [6, 6.07) is 22.1. The molecule has 4 amide bonds. The first-order valence-corrected chi connectivity index (χ1v) is 13.3. The SMILES string of the molecule is C.COCCCN(CC(=O)N[C@@H](CC(=O)O)c1ccccc1)C(=O)Cc1ccc(NC(=O)Nc2ccccc2C)cc1. The van der Waals surface area contributed by atoms with Crippen molar-refractivity contribution in [2.75, 3.05) is 37.4 Å². The van der Waals surface area contributed by atoms with E-state index in [-0.39, 0.29) is 38.8 Å². The zero-order chi connectivity index (χ0) is 29.6. The summed E-state index contributed by atoms with van der Waals surface area (Å²) in [7, 11) is 1.56. The smallest absolute Gasteiger partial charge is 0.323 e. The molecule has 0 spiro atoms. The molecule has 224 valence electrons. The highest BCUT2D eigenvalue weighted by Gasteiger charge is 2.22. The molecule has 0 aliphatic rings. The number of carboxylic acids is 1. The van der Waals surface area contributed by atoms with Gasteiger partial charge in [-0.1, -0.05) is 68.1 Å². The van der Waals surface area contributed by atoms with Gasteiger partial charge in [0.15, 0.2) is 0 Å². The standard InChI is InChI=1S/C31H36N4O6.CH4/c1-22-9-6-7-12-26(22)34-31(40)32-25-15-13-23(14-16-25)19-29(37)35(17-8-18-41-2)21-28(36)33-27(20-30(38)39)24-10-4-3-5-11-24;/h3-7,9-16,27H,8,17-21H2,1-2H3,(H,33,36)(H,38,39)(H2,32,34,40);1H4/t27-;/m0./s1. The number of carboxylic acid groups (broad SMARTS) is 1. The summed E-state index contributed by atoms with van der Waals surface area (Å²) < 4.78 is 5.11. The van der Waals surface area contributed by atoms with Crippen molar-refractivity contribution in [3.63, 3.8) is 0 Å². The third-order valence-corrected chi connectivity index (χ3v) is 6.34. The molecule has 0 aliphatic carbocycles. The van der Waals surface area contributed by atoms with Crippen molar-refractivity contribution >= 4 is 35.2 Å². The van der Waals surface area contributed by atoms with E-state index in [2.05, 4.69) is 16.0 Å². The second-order valence-corrected chi connectivity index (χ2v) is 9.56. The zero-order valence-corrected chi connectivity index (χ0v) is 23.3. The van der Waals surface area contributed by atoms with Gasteiger partial charge < -0.3 is 30.7 Å². The van der Waals surface area contributed by atoms with E-state index < -0.39 is 17.9 Å². The van der Waals surface area contributed by atoms with E-state index in [0.717, 1.165) is 5.56 Å². The maximum atomic E-state index is 13.2. The van der Waals surface area contributed by atoms with Gasteiger partial charge in [0, 0.05) is 31.6 Å². The van der Waals surface area contributed by atoms with E-state index in [9.17, 15) is 24.3 Å². The van der Waals surface area contributed by atoms with Gasteiger partial charge in [-0.2, -0.15) is 0 Å². The number of para-hydroxylation sites is 1. The molecule has 1 atom stereocenters. The Kier molecular flexibility index (Phi) is 13.7. The Morgan fingerprint density at radius 1 is 0.905 bits per heavy atom. The molecule has 3 aromatic rings. The van der Waals surface area contributed by atoms with Gasteiger partial charge in [-0.3, -0.25) is 14.4 Å². The van der Waals surface area contributed by atoms with Gasteiger partial charge in [0.25, 0.3) is 0 Å². The molecular weight excluding hydrogens is 536 g/mol. The topological polar surface area (TPSA) is 137 Å². The van der Waals surface area contributed by atoms with Gasteiger partial charge in [-0.25, -0.2) is 4.79 Å². The first-order chi connectivity index (χ1) is 19.7. The number of ether oxygens (including phenoxy) is 1. The third kappa shape index (κ3) is 11.1. The molecule has 0 aliphatic heterocycles. The lowest BCUT2D eigenvalue weighted by molar-refractivity contribution is -0.139. The van der Waals surface area contributed by atoms with E-state index in [4.69, 9.17) is 4.74 Å². The molecule has 10 heteroatoms. The number of nitrogens with one attached hydrogen (secondary N) is 3. The number of nitrogens with zero attached hydrogens (tertiary/aromatic N) is 1. The highest BCUT2D eigenvalue weighted by atomic mass is 16.5. The number of rotatable bonds is 14. The van der Waals surface area contributed by atoms with Gasteiger partial charge >= 0.3 is 12.0 Å². The molecule has 3 rings (SSSR count). The number of aryl methyl sites for hydroxylation is 1. The van der Waals surface area contributed by atoms with Gasteiger partial charge in [0.05, 0.1) is 25.4 Å². The van der Waals surface area contributed by atoms with Gasteiger partial charge in [0.1, 0.15) is 0 Å². The van der Waals surface area contributed by atoms with Crippen LogP contribution in [0.1, 0.15) is 43.0 Å². The average Bonchev–Trinajstić information content (AvgIpc) is 2.95. The normalized spacial score (nSPS) is 11.0. The van der Waals surface area contributed by atoms with Crippen molar-refractivity contribution in [3.8, 4) is 0 Å². The van der Waals surface area contributed by atoms with Crippen molar-refractivity contribution in [2.45, 2.75) is 39.7 Å². The third-order valence-electron chi connectivity index (χ3n) is 6.34. The number of carbonyl (C=O) groups excluding carboxylic acids is 3. The molecule has 4 N–H and O–H groups in total. The number of anilines is 2. The highest BCUT2D eigenvalue weighted by molar-refractivity contribution is 6.00. The lowest BCUT2D eigenvalue weighted by atomic mass is 10.0. The van der Waals surface area contributed by atoms with Crippen molar-refractivity contribution in [2.24, 2.45) is 0 Å². The number of hydrogen-bond donors (Lipinski definition) is 4. The number of aliphatic carboxylic acids is 1. The van der Waals surface area contributed by atoms with Crippen LogP contribution in [-0.4, -0.2) is 60.6 Å². The van der Waals surface area contributed by atoms with E-state index in [1.807, 2.05) is 37.3 Å². The van der Waals surface area contributed by atoms with Crippen LogP contribution in [0.5, 0.6) is 0 Å². The van der Waals surface area contributed by atoms with E-state index in [0.29, 0.717) is 42.1 Å². The minimum atomic E-state index is -1.04. The summed E-state index contributed by atoms with van der Waals surface area (Å²) in [6.07, 6.45) is 0.301. The zero-order valence-electron chi connectivity index (χ0n) is 23.3. The average molecular weight is 577 g/mol. The minimum absolute atomic E-state index is 0. The fourth-order valence-electron chi connectivity index (χ4n) is 4.21. The molecule has 0 saturated carbocycles. The Morgan fingerprint density at radius 2 is 1.57 bits per heavy atom. The number of urea groups is 1. The molecule has 3 aromatic carbocycles. The Balaban J connectivity index is 0.00000616. The van der Waals surface area contributed by atoms with E-state index >= 15 is 0 Å². The molecule has 42 heavy (non-hydrogen) atoms. The maximum absolute atomic E-state index is 13.2. The number of amides is 4. The van der Waals surface area contributed by atoms with Crippen molar-refractivity contribution in [3.05, 3.63) is 95.6 Å². The number of carbonyl (C=O) groups is 4. The summed E-state index contributed by atoms with van der Waals surface area (Å²) >= 11 is 0. The summed E-state index contributed by atoms with van der Waals surface area (Å²) in [5.41, 5.74) is 3.60. The number of hydrogen-bond acceptors (Lipinski definition) is 5. The lowest BCUT2D eigenvalue weighted by Gasteiger charge is -2.24. The molecule has 0 aromatic heterocycles. The summed E-state index contributed by atoms with van der Waals surface area (Å²) in [5, 5.41) is 17.7. The van der Waals surface area contributed by atoms with E-state index in [1.165, 1.54) is 4.90 Å². The van der Waals surface area contributed by atoms with Gasteiger partial charge in [-0.05, 0) is 48.2 Å². The van der Waals surface area contributed by atoms with Crippen LogP contribution in [0.15, 0.2) is 78.9 Å². The van der Waals surface area contributed by atoms with Crippen LogP contribution in [0.4, 0.5) is 16.2 Å². The predicted octanol–water partition coefficient (Wildman–Crippen LogP) is 5.01. The van der Waals surface area contributed by atoms with Crippen LogP contribution in [0.2, 0.25) is 0 Å². The van der Waals surface area contributed by atoms with Crippen LogP contribution in [0.25, 0.3) is 0 Å². The first-order valence-electron chi connectivity index (χ1n) is 13.3. The van der Waals surface area contributed by atoms with Crippen molar-refractivity contribution < 1.29 is 29.0 Å². The molecule has 0 saturated heterocycles. The van der Waals surface area contributed by atoms with Crippen molar-refractivity contribution in [1.82, 2.24) is 10.2 Å². The Morgan fingerprint density at radius 3 is 2.21 bits per heavy atom. The van der Waals surface area contributed by atoms with E-state index in [1.54, 1.807) is 55.6 Å². The molecule has 0 unspecified atom stereocenters. The Hall–Kier alpha value is -4.70. The van der Waals surface area contributed by atoms with Crippen molar-refractivity contribution in [1.29, 1.82) is 0 Å². The predicted molar refractivity (Wildman–Crippen MR) is 163 cm³/mol. The molecule has 0 fully saturated rings. The lowest BCUT2D eigenvalue weighted by Crippen LogP contribution is -2.43. The summed E-state index contributed by atoms with van der Waals surface area (Å²) in [5.74, 6) is -1.76. The Bertz CT molecular complexity index is 1310.